The summed E-state index contributed by atoms with van der Waals surface area (Å²) in [5, 5.41) is 12.8. The van der Waals surface area contributed by atoms with Crippen LogP contribution in [-0.2, 0) is 22.6 Å². The summed E-state index contributed by atoms with van der Waals surface area (Å²) in [4.78, 5) is 14.8. The van der Waals surface area contributed by atoms with Crippen LogP contribution in [0.5, 0.6) is 5.75 Å². The molecule has 0 aliphatic rings. The highest BCUT2D eigenvalue weighted by Crippen LogP contribution is 2.35. The Morgan fingerprint density at radius 2 is 1.67 bits per heavy atom. The van der Waals surface area contributed by atoms with Crippen molar-refractivity contribution < 1.29 is 35.9 Å². The second-order valence-electron chi connectivity index (χ2n) is 10.4. The van der Waals surface area contributed by atoms with E-state index in [0.717, 1.165) is 25.2 Å². The number of aryl methyl sites for hydroxylation is 1. The van der Waals surface area contributed by atoms with E-state index < -0.39 is 39.4 Å². The standard InChI is InChI=1S/C31H37F4N3O4S/c1-4-16-38(17-5-2)28-19-24(31(33,34)35)14-12-21(28)10-11-23(20-36-30(40)25-8-6-7-9-29(25)39)22-13-15-27(26(32)18-22)37-43(3,41)42/h6-9,12-15,18-19,23,37,39H,4-5,10-11,16-17,20H2,1-3H3,(H,36,40). The second-order valence-corrected chi connectivity index (χ2v) is 12.2. The fourth-order valence-corrected chi connectivity index (χ4v) is 5.46. The normalized spacial score (nSPS) is 12.5. The van der Waals surface area contributed by atoms with Gasteiger partial charge in [0.1, 0.15) is 11.6 Å². The van der Waals surface area contributed by atoms with Crippen LogP contribution in [0.4, 0.5) is 28.9 Å². The molecule has 1 unspecified atom stereocenters. The van der Waals surface area contributed by atoms with Crippen molar-refractivity contribution in [2.75, 3.05) is 35.5 Å². The molecule has 7 nitrogen and oxygen atoms in total. The van der Waals surface area contributed by atoms with Gasteiger partial charge in [0.15, 0.2) is 0 Å². The molecule has 0 heterocycles. The monoisotopic (exact) mass is 623 g/mol. The van der Waals surface area contributed by atoms with Crippen molar-refractivity contribution in [3.8, 4) is 5.75 Å². The Morgan fingerprint density at radius 3 is 2.26 bits per heavy atom. The minimum absolute atomic E-state index is 0.0229. The van der Waals surface area contributed by atoms with Crippen molar-refractivity contribution in [2.45, 2.75) is 51.6 Å². The summed E-state index contributed by atoms with van der Waals surface area (Å²) in [7, 11) is -3.73. The van der Waals surface area contributed by atoms with Crippen molar-refractivity contribution in [1.29, 1.82) is 0 Å². The number of hydrogen-bond acceptors (Lipinski definition) is 5. The average Bonchev–Trinajstić information content (AvgIpc) is 2.93. The van der Waals surface area contributed by atoms with E-state index >= 15 is 0 Å². The Bertz CT molecular complexity index is 1510. The number of aromatic hydroxyl groups is 1. The van der Waals surface area contributed by atoms with Crippen LogP contribution in [-0.4, -0.2) is 45.3 Å². The smallest absolute Gasteiger partial charge is 0.416 e. The first-order valence-electron chi connectivity index (χ1n) is 14.0. The first-order chi connectivity index (χ1) is 20.2. The predicted octanol–water partition coefficient (Wildman–Crippen LogP) is 6.69. The lowest BCUT2D eigenvalue weighted by Crippen LogP contribution is -2.29. The number of benzene rings is 3. The van der Waals surface area contributed by atoms with Gasteiger partial charge in [-0.15, -0.1) is 0 Å². The summed E-state index contributed by atoms with van der Waals surface area (Å²) in [6.45, 7) is 5.07. The average molecular weight is 624 g/mol. The number of amides is 1. The molecule has 1 amide bonds. The third kappa shape index (κ3) is 9.60. The number of halogens is 4. The van der Waals surface area contributed by atoms with Crippen LogP contribution in [0.15, 0.2) is 60.7 Å². The van der Waals surface area contributed by atoms with Crippen molar-refractivity contribution in [1.82, 2.24) is 5.32 Å². The number of phenolic OH excluding ortho intramolecular Hbond substituents is 1. The molecule has 3 N–H and O–H groups in total. The molecule has 0 saturated carbocycles. The SMILES string of the molecule is CCCN(CCC)c1cc(C(F)(F)F)ccc1CCC(CNC(=O)c1ccccc1O)c1ccc(NS(C)(=O)=O)c(F)c1. The number of phenols is 1. The van der Waals surface area contributed by atoms with E-state index in [1.54, 1.807) is 18.2 Å². The first kappa shape index (κ1) is 33.7. The molecule has 0 bridgehead atoms. The Hall–Kier alpha value is -3.80. The fraction of sp³-hybridized carbons (Fsp3) is 0.387. The number of rotatable bonds is 14. The molecule has 3 aromatic rings. The van der Waals surface area contributed by atoms with Gasteiger partial charge < -0.3 is 15.3 Å². The fourth-order valence-electron chi connectivity index (χ4n) is 4.90. The Kier molecular flexibility index (Phi) is 11.4. The van der Waals surface area contributed by atoms with E-state index in [1.165, 1.54) is 36.4 Å². The highest BCUT2D eigenvalue weighted by atomic mass is 32.2. The maximum absolute atomic E-state index is 15.0. The van der Waals surface area contributed by atoms with Crippen molar-refractivity contribution in [2.24, 2.45) is 0 Å². The zero-order chi connectivity index (χ0) is 31.8. The van der Waals surface area contributed by atoms with Crippen molar-refractivity contribution in [3.05, 3.63) is 88.7 Å². The molecule has 43 heavy (non-hydrogen) atoms. The highest BCUT2D eigenvalue weighted by molar-refractivity contribution is 7.92. The van der Waals surface area contributed by atoms with Gasteiger partial charge in [-0.1, -0.05) is 38.1 Å². The molecule has 0 aliphatic carbocycles. The maximum atomic E-state index is 15.0. The Morgan fingerprint density at radius 1 is 1.00 bits per heavy atom. The van der Waals surface area contributed by atoms with Gasteiger partial charge in [0, 0.05) is 31.2 Å². The molecule has 0 radical (unpaired) electrons. The van der Waals surface area contributed by atoms with Gasteiger partial charge in [-0.25, -0.2) is 12.8 Å². The van der Waals surface area contributed by atoms with E-state index in [2.05, 4.69) is 10.0 Å². The molecule has 12 heteroatoms. The van der Waals surface area contributed by atoms with E-state index in [1.807, 2.05) is 18.7 Å². The molecule has 0 spiro atoms. The Labute approximate surface area is 250 Å². The van der Waals surface area contributed by atoms with E-state index in [-0.39, 0.29) is 23.5 Å². The summed E-state index contributed by atoms with van der Waals surface area (Å²) in [6.07, 6.45) is -1.48. The predicted molar refractivity (Wildman–Crippen MR) is 161 cm³/mol. The quantitative estimate of drug-likeness (QED) is 0.174. The van der Waals surface area contributed by atoms with Gasteiger partial charge >= 0.3 is 6.18 Å². The Balaban J connectivity index is 1.96. The van der Waals surface area contributed by atoms with Crippen LogP contribution in [0.2, 0.25) is 0 Å². The minimum atomic E-state index is -4.51. The third-order valence-corrected chi connectivity index (χ3v) is 7.51. The summed E-state index contributed by atoms with van der Waals surface area (Å²) in [6, 6.07) is 13.7. The van der Waals surface area contributed by atoms with Crippen LogP contribution in [0.3, 0.4) is 0 Å². The maximum Gasteiger partial charge on any atom is 0.416 e. The van der Waals surface area contributed by atoms with E-state index in [0.29, 0.717) is 42.7 Å². The van der Waals surface area contributed by atoms with Crippen LogP contribution >= 0.6 is 0 Å². The zero-order valence-corrected chi connectivity index (χ0v) is 25.2. The number of nitrogens with one attached hydrogen (secondary N) is 2. The van der Waals surface area contributed by atoms with Gasteiger partial charge in [0.2, 0.25) is 10.0 Å². The molecule has 0 aromatic heterocycles. The van der Waals surface area contributed by atoms with E-state index in [4.69, 9.17) is 0 Å². The summed E-state index contributed by atoms with van der Waals surface area (Å²) in [5.41, 5.74) is 0.702. The molecule has 3 aromatic carbocycles. The number of carbonyl (C=O) groups is 1. The zero-order valence-electron chi connectivity index (χ0n) is 24.3. The summed E-state index contributed by atoms with van der Waals surface area (Å²) >= 11 is 0. The van der Waals surface area contributed by atoms with Gasteiger partial charge in [-0.3, -0.25) is 9.52 Å². The molecule has 3 rings (SSSR count). The number of nitrogens with zero attached hydrogens (tertiary/aromatic N) is 1. The van der Waals surface area contributed by atoms with Crippen molar-refractivity contribution >= 4 is 27.3 Å². The second kappa shape index (κ2) is 14.6. The van der Waals surface area contributed by atoms with Gasteiger partial charge in [-0.05, 0) is 73.2 Å². The molecule has 0 aliphatic heterocycles. The number of para-hydroxylation sites is 1. The van der Waals surface area contributed by atoms with Gasteiger partial charge in [0.25, 0.3) is 5.91 Å². The molecule has 0 fully saturated rings. The number of carbonyl (C=O) groups excluding carboxylic acids is 1. The minimum Gasteiger partial charge on any atom is -0.507 e. The number of alkyl halides is 3. The lowest BCUT2D eigenvalue weighted by Gasteiger charge is -2.28. The lowest BCUT2D eigenvalue weighted by atomic mass is 9.90. The summed E-state index contributed by atoms with van der Waals surface area (Å²) in [5.74, 6) is -2.07. The van der Waals surface area contributed by atoms with Crippen LogP contribution in [0, 0.1) is 5.82 Å². The van der Waals surface area contributed by atoms with Gasteiger partial charge in [0.05, 0.1) is 23.1 Å². The number of sulfonamides is 1. The van der Waals surface area contributed by atoms with Gasteiger partial charge in [-0.2, -0.15) is 13.2 Å². The van der Waals surface area contributed by atoms with Crippen molar-refractivity contribution in [3.63, 3.8) is 0 Å². The molecule has 234 valence electrons. The number of anilines is 2. The van der Waals surface area contributed by atoms with Crippen LogP contribution in [0.1, 0.15) is 66.1 Å². The topological polar surface area (TPSA) is 98.7 Å². The van der Waals surface area contributed by atoms with E-state index in [9.17, 15) is 35.9 Å². The molecular weight excluding hydrogens is 586 g/mol. The molecule has 0 saturated heterocycles. The van der Waals surface area contributed by atoms with Crippen LogP contribution < -0.4 is 14.9 Å². The highest BCUT2D eigenvalue weighted by Gasteiger charge is 2.31. The molecule has 1 atom stereocenters. The molecular formula is C31H37F4N3O4S. The number of hydrogen-bond donors (Lipinski definition) is 3. The third-order valence-electron chi connectivity index (χ3n) is 6.92. The summed E-state index contributed by atoms with van der Waals surface area (Å²) < 4.78 is 81.2. The first-order valence-corrected chi connectivity index (χ1v) is 15.9. The van der Waals surface area contributed by atoms with Crippen LogP contribution in [0.25, 0.3) is 0 Å². The largest absolute Gasteiger partial charge is 0.507 e. The lowest BCUT2D eigenvalue weighted by molar-refractivity contribution is -0.137.